The molecule has 8 heteroatoms. The van der Waals surface area contributed by atoms with Crippen molar-refractivity contribution in [3.05, 3.63) is 83.9 Å². The molecule has 1 heterocycles. The van der Waals surface area contributed by atoms with Crippen molar-refractivity contribution in [1.29, 1.82) is 0 Å². The minimum Gasteiger partial charge on any atom is -0.497 e. The molecule has 30 heavy (non-hydrogen) atoms. The van der Waals surface area contributed by atoms with Crippen LogP contribution in [0.1, 0.15) is 15.9 Å². The summed E-state index contributed by atoms with van der Waals surface area (Å²) in [7, 11) is 3.01. The highest BCUT2D eigenvalue weighted by atomic mass is 19.1. The summed E-state index contributed by atoms with van der Waals surface area (Å²) < 4.78 is 24.0. The van der Waals surface area contributed by atoms with Crippen LogP contribution in [0.25, 0.3) is 0 Å². The van der Waals surface area contributed by atoms with Gasteiger partial charge in [0, 0.05) is 29.7 Å². The van der Waals surface area contributed by atoms with E-state index in [1.165, 1.54) is 26.4 Å². The number of guanidine groups is 1. The Kier molecular flexibility index (Phi) is 6.94. The average Bonchev–Trinajstić information content (AvgIpc) is 2.77. The van der Waals surface area contributed by atoms with Crippen LogP contribution >= 0.6 is 0 Å². The predicted octanol–water partition coefficient (Wildman–Crippen LogP) is 3.64. The van der Waals surface area contributed by atoms with E-state index < -0.39 is 11.7 Å². The fraction of sp³-hybridized carbons (Fsp3) is 0.136. The van der Waals surface area contributed by atoms with Crippen molar-refractivity contribution in [3.63, 3.8) is 0 Å². The number of hydrogen-bond acceptors (Lipinski definition) is 5. The number of ether oxygens (including phenoxy) is 2. The number of aliphatic imine (C=N–C) groups is 1. The molecule has 0 unspecified atom stereocenters. The van der Waals surface area contributed by atoms with Crippen LogP contribution in [0.3, 0.4) is 0 Å². The molecule has 0 aliphatic heterocycles. The Labute approximate surface area is 173 Å². The molecule has 0 saturated heterocycles. The predicted molar refractivity (Wildman–Crippen MR) is 112 cm³/mol. The second-order valence-electron chi connectivity index (χ2n) is 6.21. The summed E-state index contributed by atoms with van der Waals surface area (Å²) in [5.41, 5.74) is 1.68. The maximum atomic E-state index is 13.6. The molecule has 3 rings (SSSR count). The molecule has 0 radical (unpaired) electrons. The van der Waals surface area contributed by atoms with Crippen molar-refractivity contribution in [2.75, 3.05) is 19.5 Å². The van der Waals surface area contributed by atoms with Gasteiger partial charge in [0.25, 0.3) is 5.91 Å². The van der Waals surface area contributed by atoms with Gasteiger partial charge in [-0.15, -0.1) is 0 Å². The van der Waals surface area contributed by atoms with E-state index in [2.05, 4.69) is 20.6 Å². The van der Waals surface area contributed by atoms with Gasteiger partial charge in [-0.3, -0.25) is 15.1 Å². The van der Waals surface area contributed by atoms with E-state index in [9.17, 15) is 9.18 Å². The number of rotatable bonds is 6. The summed E-state index contributed by atoms with van der Waals surface area (Å²) in [6.45, 7) is 0.294. The van der Waals surface area contributed by atoms with Gasteiger partial charge in [-0.05, 0) is 48.0 Å². The first kappa shape index (κ1) is 20.8. The first-order valence-electron chi connectivity index (χ1n) is 9.08. The standard InChI is InChI=1S/C22H21FN4O3/c1-29-19-10-16(11-20(13-19)30-2)21(28)27-22(25-14-15-6-8-24-9-7-15)26-18-5-3-4-17(23)12-18/h3-13H,14H2,1-2H3,(H2,25,26,27,28). The lowest BCUT2D eigenvalue weighted by molar-refractivity contribution is 0.0976. The van der Waals surface area contributed by atoms with E-state index in [0.717, 1.165) is 5.56 Å². The molecule has 3 aromatic rings. The molecule has 0 spiro atoms. The molecule has 154 valence electrons. The first-order valence-corrected chi connectivity index (χ1v) is 9.08. The van der Waals surface area contributed by atoms with Crippen LogP contribution in [-0.2, 0) is 6.54 Å². The Bertz CT molecular complexity index is 1020. The van der Waals surface area contributed by atoms with E-state index in [-0.39, 0.29) is 5.96 Å². The third kappa shape index (κ3) is 5.78. The van der Waals surface area contributed by atoms with Gasteiger partial charge in [0.1, 0.15) is 17.3 Å². The number of pyridine rings is 1. The van der Waals surface area contributed by atoms with E-state index >= 15 is 0 Å². The van der Waals surface area contributed by atoms with Crippen molar-refractivity contribution in [1.82, 2.24) is 10.3 Å². The molecule has 1 amide bonds. The molecule has 2 N–H and O–H groups in total. The molecule has 0 saturated carbocycles. The van der Waals surface area contributed by atoms with Gasteiger partial charge in [-0.2, -0.15) is 0 Å². The van der Waals surface area contributed by atoms with Gasteiger partial charge in [-0.1, -0.05) is 6.07 Å². The number of carbonyl (C=O) groups excluding carboxylic acids is 1. The van der Waals surface area contributed by atoms with Crippen molar-refractivity contribution < 1.29 is 18.7 Å². The van der Waals surface area contributed by atoms with Gasteiger partial charge in [-0.25, -0.2) is 9.38 Å². The van der Waals surface area contributed by atoms with Crippen LogP contribution in [0, 0.1) is 5.82 Å². The third-order valence-electron chi connectivity index (χ3n) is 4.10. The van der Waals surface area contributed by atoms with E-state index in [1.54, 1.807) is 42.7 Å². The molecular weight excluding hydrogens is 387 g/mol. The van der Waals surface area contributed by atoms with Crippen LogP contribution in [0.5, 0.6) is 11.5 Å². The fourth-order valence-electron chi connectivity index (χ4n) is 2.59. The SMILES string of the molecule is COc1cc(OC)cc(C(=O)NC(=NCc2ccncc2)Nc2cccc(F)c2)c1. The molecular formula is C22H21FN4O3. The highest BCUT2D eigenvalue weighted by Crippen LogP contribution is 2.22. The number of benzene rings is 2. The Balaban J connectivity index is 1.85. The molecule has 0 bridgehead atoms. The summed E-state index contributed by atoms with van der Waals surface area (Å²) in [6.07, 6.45) is 3.32. The maximum Gasteiger partial charge on any atom is 0.258 e. The minimum absolute atomic E-state index is 0.171. The number of carbonyl (C=O) groups is 1. The van der Waals surface area contributed by atoms with Crippen molar-refractivity contribution in [2.24, 2.45) is 4.99 Å². The lowest BCUT2D eigenvalue weighted by Gasteiger charge is -2.13. The number of anilines is 1. The summed E-state index contributed by atoms with van der Waals surface area (Å²) in [5, 5.41) is 5.67. The average molecular weight is 408 g/mol. The summed E-state index contributed by atoms with van der Waals surface area (Å²) >= 11 is 0. The van der Waals surface area contributed by atoms with E-state index in [0.29, 0.717) is 29.3 Å². The van der Waals surface area contributed by atoms with Crippen LogP contribution in [-0.4, -0.2) is 31.1 Å². The summed E-state index contributed by atoms with van der Waals surface area (Å²) in [5.74, 6) is 0.298. The number of hydrogen-bond donors (Lipinski definition) is 2. The zero-order valence-electron chi connectivity index (χ0n) is 16.6. The quantitative estimate of drug-likeness (QED) is 0.481. The summed E-state index contributed by atoms with van der Waals surface area (Å²) in [6, 6.07) is 14.3. The van der Waals surface area contributed by atoms with Crippen molar-refractivity contribution in [3.8, 4) is 11.5 Å². The van der Waals surface area contributed by atoms with E-state index in [1.807, 2.05) is 12.1 Å². The molecule has 2 aromatic carbocycles. The third-order valence-corrected chi connectivity index (χ3v) is 4.10. The number of methoxy groups -OCH3 is 2. The highest BCUT2D eigenvalue weighted by Gasteiger charge is 2.13. The smallest absolute Gasteiger partial charge is 0.258 e. The second kappa shape index (κ2) is 10.0. The van der Waals surface area contributed by atoms with Crippen LogP contribution in [0.4, 0.5) is 10.1 Å². The normalized spacial score (nSPS) is 11.0. The second-order valence-corrected chi connectivity index (χ2v) is 6.21. The molecule has 0 aliphatic carbocycles. The summed E-state index contributed by atoms with van der Waals surface area (Å²) in [4.78, 5) is 21.2. The van der Waals surface area contributed by atoms with Crippen molar-refractivity contribution >= 4 is 17.6 Å². The van der Waals surface area contributed by atoms with Gasteiger partial charge < -0.3 is 14.8 Å². The number of nitrogens with one attached hydrogen (secondary N) is 2. The Hall–Kier alpha value is -3.94. The molecule has 0 atom stereocenters. The lowest BCUT2D eigenvalue weighted by Crippen LogP contribution is -2.36. The first-order chi connectivity index (χ1) is 14.6. The maximum absolute atomic E-state index is 13.6. The zero-order valence-corrected chi connectivity index (χ0v) is 16.6. The Morgan fingerprint density at radius 1 is 1.03 bits per heavy atom. The molecule has 7 nitrogen and oxygen atoms in total. The fourth-order valence-corrected chi connectivity index (χ4v) is 2.59. The number of aromatic nitrogens is 1. The Morgan fingerprint density at radius 3 is 2.37 bits per heavy atom. The van der Waals surface area contributed by atoms with Gasteiger partial charge in [0.15, 0.2) is 0 Å². The Morgan fingerprint density at radius 2 is 1.73 bits per heavy atom. The van der Waals surface area contributed by atoms with Crippen LogP contribution in [0.15, 0.2) is 72.0 Å². The lowest BCUT2D eigenvalue weighted by atomic mass is 10.2. The van der Waals surface area contributed by atoms with Crippen LogP contribution < -0.4 is 20.1 Å². The number of halogens is 1. The molecule has 1 aromatic heterocycles. The van der Waals surface area contributed by atoms with Crippen LogP contribution in [0.2, 0.25) is 0 Å². The molecule has 0 fully saturated rings. The number of nitrogens with zero attached hydrogens (tertiary/aromatic N) is 2. The zero-order chi connectivity index (χ0) is 21.3. The number of amides is 1. The van der Waals surface area contributed by atoms with Gasteiger partial charge in [0.05, 0.1) is 20.8 Å². The van der Waals surface area contributed by atoms with E-state index in [4.69, 9.17) is 9.47 Å². The van der Waals surface area contributed by atoms with Gasteiger partial charge in [0.2, 0.25) is 5.96 Å². The topological polar surface area (TPSA) is 84.8 Å². The minimum atomic E-state index is -0.426. The molecule has 0 aliphatic rings. The van der Waals surface area contributed by atoms with Crippen molar-refractivity contribution in [2.45, 2.75) is 6.54 Å². The van der Waals surface area contributed by atoms with Gasteiger partial charge >= 0.3 is 0 Å². The monoisotopic (exact) mass is 408 g/mol. The highest BCUT2D eigenvalue weighted by molar-refractivity contribution is 6.10. The largest absolute Gasteiger partial charge is 0.497 e.